The number of amides is 1. The Balaban J connectivity index is 1.23. The topological polar surface area (TPSA) is 104 Å². The molecule has 37 heavy (non-hydrogen) atoms. The first-order valence-electron chi connectivity index (χ1n) is 13.7. The molecular formula is C27H44ClN5O4. The third kappa shape index (κ3) is 7.49. The Bertz CT molecular complexity index is 892. The highest BCUT2D eigenvalue weighted by molar-refractivity contribution is 6.33. The summed E-state index contributed by atoms with van der Waals surface area (Å²) >= 11 is 6.14. The second kappa shape index (κ2) is 13.4. The number of methoxy groups -OCH3 is 2. The Morgan fingerprint density at radius 2 is 1.76 bits per heavy atom. The van der Waals surface area contributed by atoms with Gasteiger partial charge in [-0.05, 0) is 64.3 Å². The van der Waals surface area contributed by atoms with Crippen LogP contribution in [-0.2, 0) is 4.74 Å². The molecule has 4 rings (SSSR count). The lowest BCUT2D eigenvalue weighted by Crippen LogP contribution is -2.56. The van der Waals surface area contributed by atoms with Gasteiger partial charge < -0.3 is 35.4 Å². The zero-order valence-corrected chi connectivity index (χ0v) is 23.1. The average molecular weight is 538 g/mol. The minimum Gasteiger partial charge on any atom is -0.496 e. The maximum Gasteiger partial charge on any atom is 0.255 e. The largest absolute Gasteiger partial charge is 0.496 e. The van der Waals surface area contributed by atoms with Crippen LogP contribution in [0.5, 0.6) is 5.75 Å². The molecule has 3 heterocycles. The molecule has 0 spiro atoms. The van der Waals surface area contributed by atoms with E-state index in [4.69, 9.17) is 26.8 Å². The molecule has 1 aromatic rings. The van der Waals surface area contributed by atoms with Gasteiger partial charge in [-0.25, -0.2) is 0 Å². The number of nitrogens with zero attached hydrogens (tertiary/aromatic N) is 3. The summed E-state index contributed by atoms with van der Waals surface area (Å²) < 4.78 is 11.1. The quantitative estimate of drug-likeness (QED) is 0.411. The molecule has 3 aliphatic heterocycles. The number of anilines is 1. The maximum absolute atomic E-state index is 13.0. The molecule has 0 saturated carbocycles. The number of nitrogens with one attached hydrogen (secondary N) is 1. The number of β-amino-alcohol motifs (C(OH)–C–C–N with tert-alkyl or cyclic N) is 1. The first-order valence-corrected chi connectivity index (χ1v) is 14.1. The number of nitrogen functional groups attached to an aromatic ring is 1. The Labute approximate surface area is 226 Å². The average Bonchev–Trinajstić information content (AvgIpc) is 2.91. The molecule has 0 bridgehead atoms. The molecule has 0 aliphatic carbocycles. The number of rotatable bonds is 9. The van der Waals surface area contributed by atoms with Crippen LogP contribution in [0.1, 0.15) is 48.9 Å². The molecule has 3 atom stereocenters. The van der Waals surface area contributed by atoms with E-state index in [0.717, 1.165) is 32.1 Å². The lowest BCUT2D eigenvalue weighted by molar-refractivity contribution is -0.0140. The Morgan fingerprint density at radius 3 is 2.43 bits per heavy atom. The number of ether oxygens (including phenoxy) is 2. The van der Waals surface area contributed by atoms with Gasteiger partial charge in [-0.2, -0.15) is 0 Å². The second-order valence-corrected chi connectivity index (χ2v) is 11.2. The fourth-order valence-electron chi connectivity index (χ4n) is 6.12. The van der Waals surface area contributed by atoms with Crippen molar-refractivity contribution in [2.75, 3.05) is 72.3 Å². The fraction of sp³-hybridized carbons (Fsp3) is 0.741. The van der Waals surface area contributed by atoms with Crippen LogP contribution in [-0.4, -0.2) is 117 Å². The third-order valence-corrected chi connectivity index (χ3v) is 8.56. The molecule has 4 N–H and O–H groups in total. The molecule has 3 saturated heterocycles. The molecule has 0 radical (unpaired) electrons. The SMILES string of the molecule is COc1cc(N)c(Cl)cc1C(=O)N[C@H]1CCN(C[C@@H](O)CN2CCC(N3CCCCC3)CC2)C[C@H]1OC. The van der Waals surface area contributed by atoms with Gasteiger partial charge in [-0.15, -0.1) is 0 Å². The standard InChI is InChI=1S/C27H44ClN5O4/c1-36-25-15-23(29)22(28)14-21(25)27(35)30-24-8-13-32(18-26(24)37-2)17-20(34)16-31-11-6-19(7-12-31)33-9-4-3-5-10-33/h14-15,19-20,24,26,34H,3-13,16-18,29H2,1-2H3,(H,30,35)/t20-,24-,26+/m0/s1. The van der Waals surface area contributed by atoms with Crippen LogP contribution in [0.15, 0.2) is 12.1 Å². The highest BCUT2D eigenvalue weighted by Crippen LogP contribution is 2.29. The monoisotopic (exact) mass is 537 g/mol. The smallest absolute Gasteiger partial charge is 0.255 e. The van der Waals surface area contributed by atoms with E-state index < -0.39 is 6.10 Å². The van der Waals surface area contributed by atoms with Gasteiger partial charge in [-0.3, -0.25) is 9.69 Å². The van der Waals surface area contributed by atoms with Crippen LogP contribution in [0.4, 0.5) is 5.69 Å². The summed E-state index contributed by atoms with van der Waals surface area (Å²) in [5, 5.41) is 14.2. The third-order valence-electron chi connectivity index (χ3n) is 8.23. The van der Waals surface area contributed by atoms with Crippen molar-refractivity contribution in [2.45, 2.75) is 62.8 Å². The fourth-order valence-corrected chi connectivity index (χ4v) is 6.28. The number of benzene rings is 1. The van der Waals surface area contributed by atoms with Gasteiger partial charge in [0.1, 0.15) is 5.75 Å². The van der Waals surface area contributed by atoms with Crippen molar-refractivity contribution in [1.82, 2.24) is 20.0 Å². The van der Waals surface area contributed by atoms with Crippen LogP contribution in [0.2, 0.25) is 5.02 Å². The number of hydrogen-bond acceptors (Lipinski definition) is 8. The normalized spacial score (nSPS) is 25.6. The van der Waals surface area contributed by atoms with E-state index in [2.05, 4.69) is 20.0 Å². The number of aliphatic hydroxyl groups is 1. The van der Waals surface area contributed by atoms with E-state index >= 15 is 0 Å². The van der Waals surface area contributed by atoms with Gasteiger partial charge in [-0.1, -0.05) is 18.0 Å². The van der Waals surface area contributed by atoms with E-state index in [1.807, 2.05) is 0 Å². The predicted octanol–water partition coefficient (Wildman–Crippen LogP) is 2.06. The molecule has 3 fully saturated rings. The second-order valence-electron chi connectivity index (χ2n) is 10.8. The van der Waals surface area contributed by atoms with Crippen molar-refractivity contribution in [3.63, 3.8) is 0 Å². The van der Waals surface area contributed by atoms with E-state index in [1.165, 1.54) is 58.4 Å². The van der Waals surface area contributed by atoms with Crippen molar-refractivity contribution in [2.24, 2.45) is 0 Å². The Hall–Kier alpha value is -1.62. The zero-order valence-electron chi connectivity index (χ0n) is 22.3. The highest BCUT2D eigenvalue weighted by Gasteiger charge is 2.33. The van der Waals surface area contributed by atoms with Gasteiger partial charge in [0.05, 0.1) is 41.6 Å². The molecular weight excluding hydrogens is 494 g/mol. The summed E-state index contributed by atoms with van der Waals surface area (Å²) in [7, 11) is 3.16. The number of piperidine rings is 3. The number of carbonyl (C=O) groups excluding carboxylic acids is 1. The van der Waals surface area contributed by atoms with Gasteiger partial charge in [0.2, 0.25) is 0 Å². The van der Waals surface area contributed by atoms with E-state index in [0.29, 0.717) is 41.7 Å². The van der Waals surface area contributed by atoms with Crippen LogP contribution < -0.4 is 15.8 Å². The van der Waals surface area contributed by atoms with Crippen molar-refractivity contribution in [3.8, 4) is 5.75 Å². The van der Waals surface area contributed by atoms with E-state index in [9.17, 15) is 9.90 Å². The van der Waals surface area contributed by atoms with Crippen LogP contribution in [0.25, 0.3) is 0 Å². The summed E-state index contributed by atoms with van der Waals surface area (Å²) in [5.41, 5.74) is 6.56. The minimum absolute atomic E-state index is 0.152. The number of likely N-dealkylation sites (tertiary alicyclic amines) is 3. The van der Waals surface area contributed by atoms with Gasteiger partial charge in [0.15, 0.2) is 0 Å². The highest BCUT2D eigenvalue weighted by atomic mass is 35.5. The van der Waals surface area contributed by atoms with E-state index in [1.54, 1.807) is 13.2 Å². The molecule has 1 aromatic carbocycles. The molecule has 10 heteroatoms. The summed E-state index contributed by atoms with van der Waals surface area (Å²) in [6, 6.07) is 3.66. The Kier molecular flexibility index (Phi) is 10.3. The molecule has 1 amide bonds. The van der Waals surface area contributed by atoms with Crippen LogP contribution in [0.3, 0.4) is 0 Å². The van der Waals surface area contributed by atoms with Gasteiger partial charge in [0.25, 0.3) is 5.91 Å². The number of nitrogens with two attached hydrogens (primary N) is 1. The molecule has 0 unspecified atom stereocenters. The first-order chi connectivity index (χ1) is 17.9. The maximum atomic E-state index is 13.0. The lowest BCUT2D eigenvalue weighted by Gasteiger charge is -2.41. The molecule has 0 aromatic heterocycles. The number of halogens is 1. The number of aliphatic hydroxyl groups excluding tert-OH is 1. The number of hydrogen-bond donors (Lipinski definition) is 3. The summed E-state index contributed by atoms with van der Waals surface area (Å²) in [6.07, 6.45) is 6.60. The zero-order chi connectivity index (χ0) is 26.4. The van der Waals surface area contributed by atoms with Crippen molar-refractivity contribution in [3.05, 3.63) is 22.7 Å². The van der Waals surface area contributed by atoms with Crippen molar-refractivity contribution in [1.29, 1.82) is 0 Å². The summed E-state index contributed by atoms with van der Waals surface area (Å²) in [6.45, 7) is 7.37. The van der Waals surface area contributed by atoms with Crippen molar-refractivity contribution < 1.29 is 19.4 Å². The molecule has 9 nitrogen and oxygen atoms in total. The number of carbonyl (C=O) groups is 1. The van der Waals surface area contributed by atoms with Gasteiger partial charge >= 0.3 is 0 Å². The van der Waals surface area contributed by atoms with Crippen LogP contribution in [0, 0.1) is 0 Å². The van der Waals surface area contributed by atoms with Crippen LogP contribution >= 0.6 is 11.6 Å². The molecule has 3 aliphatic rings. The van der Waals surface area contributed by atoms with Crippen molar-refractivity contribution >= 4 is 23.2 Å². The molecule has 208 valence electrons. The van der Waals surface area contributed by atoms with Gasteiger partial charge in [0, 0.05) is 45.4 Å². The van der Waals surface area contributed by atoms with E-state index in [-0.39, 0.29) is 18.1 Å². The minimum atomic E-state index is -0.406. The Morgan fingerprint density at radius 1 is 1.08 bits per heavy atom. The first kappa shape index (κ1) is 28.4. The predicted molar refractivity (Wildman–Crippen MR) is 146 cm³/mol. The lowest BCUT2D eigenvalue weighted by atomic mass is 9.99. The summed E-state index contributed by atoms with van der Waals surface area (Å²) in [4.78, 5) is 20.4. The summed E-state index contributed by atoms with van der Waals surface area (Å²) in [5.74, 6) is 0.112.